The summed E-state index contributed by atoms with van der Waals surface area (Å²) >= 11 is 0. The Bertz CT molecular complexity index is 103. The molecule has 0 bridgehead atoms. The van der Waals surface area contributed by atoms with Gasteiger partial charge in [0.1, 0.15) is 12.6 Å². The van der Waals surface area contributed by atoms with E-state index >= 15 is 0 Å². The van der Waals surface area contributed by atoms with E-state index in [-0.39, 0.29) is 10.8 Å². The summed E-state index contributed by atoms with van der Waals surface area (Å²) in [6.45, 7) is 1.04. The van der Waals surface area contributed by atoms with Crippen LogP contribution in [0.4, 0.5) is 0 Å². The minimum Gasteiger partial charge on any atom is -0.633 e. The lowest BCUT2D eigenvalue weighted by molar-refractivity contribution is -0.869. The molecule has 0 aromatic rings. The van der Waals surface area contributed by atoms with Gasteiger partial charge in [-0.1, -0.05) is 0 Å². The third kappa shape index (κ3) is 1.93. The van der Waals surface area contributed by atoms with Crippen LogP contribution in [-0.4, -0.2) is 36.0 Å². The number of aliphatic hydroxyl groups is 1. The number of likely N-dealkylation sites (tertiary alicyclic amines) is 1. The Morgan fingerprint density at radius 2 is 2.33 bits per heavy atom. The van der Waals surface area contributed by atoms with Gasteiger partial charge in [-0.3, -0.25) is 0 Å². The van der Waals surface area contributed by atoms with Crippen LogP contribution >= 0.6 is 0 Å². The molecule has 0 spiro atoms. The van der Waals surface area contributed by atoms with Gasteiger partial charge < -0.3 is 15.0 Å². The number of piperidine rings is 1. The first-order valence-corrected chi connectivity index (χ1v) is 3.34. The fraction of sp³-hybridized carbons (Fsp3) is 1.00. The van der Waals surface area contributed by atoms with Gasteiger partial charge in [-0.05, 0) is 12.8 Å². The second kappa shape index (κ2) is 2.25. The molecule has 1 aliphatic heterocycles. The van der Waals surface area contributed by atoms with Gasteiger partial charge in [-0.25, -0.2) is 0 Å². The molecule has 1 aliphatic rings. The number of rotatable bonds is 0. The lowest BCUT2D eigenvalue weighted by atomic mass is 10.1. The Kier molecular flexibility index (Phi) is 1.75. The zero-order valence-electron chi connectivity index (χ0n) is 5.71. The zero-order chi connectivity index (χ0) is 6.91. The molecule has 2 unspecified atom stereocenters. The van der Waals surface area contributed by atoms with E-state index in [4.69, 9.17) is 5.11 Å². The molecule has 0 radical (unpaired) electrons. The Morgan fingerprint density at radius 3 is 2.67 bits per heavy atom. The molecule has 2 atom stereocenters. The predicted octanol–water partition coefficient (Wildman–Crippen LogP) is 0.0855. The summed E-state index contributed by atoms with van der Waals surface area (Å²) in [5.41, 5.74) is 0. The highest BCUT2D eigenvalue weighted by Gasteiger charge is 2.21. The normalized spacial score (nSPS) is 45.0. The highest BCUT2D eigenvalue weighted by Crippen LogP contribution is 2.14. The average Bonchev–Trinajstić information content (AvgIpc) is 1.60. The molecular weight excluding hydrogens is 118 g/mol. The fourth-order valence-electron chi connectivity index (χ4n) is 1.29. The first-order chi connectivity index (χ1) is 4.10. The predicted molar refractivity (Wildman–Crippen MR) is 34.5 cm³/mol. The van der Waals surface area contributed by atoms with Crippen LogP contribution in [0.15, 0.2) is 0 Å². The van der Waals surface area contributed by atoms with E-state index in [1.54, 1.807) is 7.05 Å². The molecule has 9 heavy (non-hydrogen) atoms. The molecule has 0 aromatic heterocycles. The number of nitrogens with zero attached hydrogens (tertiary/aromatic N) is 1. The van der Waals surface area contributed by atoms with E-state index < -0.39 is 0 Å². The number of aliphatic hydroxyl groups excluding tert-OH is 1. The number of hydrogen-bond donors (Lipinski definition) is 1. The fourth-order valence-corrected chi connectivity index (χ4v) is 1.29. The van der Waals surface area contributed by atoms with Crippen molar-refractivity contribution in [2.45, 2.75) is 18.9 Å². The average molecular weight is 131 g/mol. The molecule has 54 valence electrons. The van der Waals surface area contributed by atoms with Gasteiger partial charge in [-0.2, -0.15) is 0 Å². The molecule has 3 nitrogen and oxygen atoms in total. The van der Waals surface area contributed by atoms with Gasteiger partial charge >= 0.3 is 0 Å². The molecule has 1 N–H and O–H groups in total. The van der Waals surface area contributed by atoms with Crippen molar-refractivity contribution < 1.29 is 9.75 Å². The number of hydrogen-bond acceptors (Lipinski definition) is 2. The molecule has 1 heterocycles. The summed E-state index contributed by atoms with van der Waals surface area (Å²) in [6, 6.07) is 0. The summed E-state index contributed by atoms with van der Waals surface area (Å²) in [5.74, 6) is 0. The van der Waals surface area contributed by atoms with Crippen LogP contribution in [0.25, 0.3) is 0 Å². The standard InChI is InChI=1S/C6H13NO2/c1-7(9)4-2-3-6(8)5-7/h6,8H,2-5H2,1H3. The van der Waals surface area contributed by atoms with E-state index in [0.717, 1.165) is 12.8 Å². The van der Waals surface area contributed by atoms with Gasteiger partial charge in [0.15, 0.2) is 0 Å². The summed E-state index contributed by atoms with van der Waals surface area (Å²) < 4.78 is -0.263. The smallest absolute Gasteiger partial charge is 0.104 e. The van der Waals surface area contributed by atoms with Crippen LogP contribution in [0, 0.1) is 5.21 Å². The quantitative estimate of drug-likeness (QED) is 0.374. The molecule has 0 aliphatic carbocycles. The van der Waals surface area contributed by atoms with Crippen molar-refractivity contribution >= 4 is 0 Å². The molecule has 1 saturated heterocycles. The number of hydroxylamine groups is 3. The number of likely N-dealkylation sites (N-methyl/N-ethyl adjacent to an activating group) is 1. The maximum absolute atomic E-state index is 11.1. The van der Waals surface area contributed by atoms with Crippen molar-refractivity contribution in [2.75, 3.05) is 20.1 Å². The summed E-state index contributed by atoms with van der Waals surface area (Å²) in [7, 11) is 1.61. The second-order valence-corrected chi connectivity index (χ2v) is 3.00. The van der Waals surface area contributed by atoms with E-state index in [1.807, 2.05) is 0 Å². The summed E-state index contributed by atoms with van der Waals surface area (Å²) in [5, 5.41) is 20.1. The van der Waals surface area contributed by atoms with Gasteiger partial charge in [0.25, 0.3) is 0 Å². The van der Waals surface area contributed by atoms with Gasteiger partial charge in [0.05, 0.1) is 13.6 Å². The maximum Gasteiger partial charge on any atom is 0.104 e. The highest BCUT2D eigenvalue weighted by atomic mass is 16.5. The largest absolute Gasteiger partial charge is 0.633 e. The molecule has 0 saturated carbocycles. The Labute approximate surface area is 55.1 Å². The first kappa shape index (κ1) is 6.99. The van der Waals surface area contributed by atoms with Crippen molar-refractivity contribution in [3.05, 3.63) is 5.21 Å². The molecule has 0 aromatic carbocycles. The molecule has 1 fully saturated rings. The monoisotopic (exact) mass is 131 g/mol. The van der Waals surface area contributed by atoms with Gasteiger partial charge in [0, 0.05) is 0 Å². The summed E-state index contributed by atoms with van der Waals surface area (Å²) in [4.78, 5) is 0. The van der Waals surface area contributed by atoms with E-state index in [0.29, 0.717) is 13.1 Å². The SMILES string of the molecule is C[N+]1([O-])CCCC(O)C1. The van der Waals surface area contributed by atoms with E-state index in [1.165, 1.54) is 0 Å². The van der Waals surface area contributed by atoms with Crippen molar-refractivity contribution in [1.82, 2.24) is 0 Å². The van der Waals surface area contributed by atoms with Crippen molar-refractivity contribution in [3.63, 3.8) is 0 Å². The topological polar surface area (TPSA) is 43.3 Å². The van der Waals surface area contributed by atoms with Crippen LogP contribution < -0.4 is 0 Å². The molecule has 0 amide bonds. The first-order valence-electron chi connectivity index (χ1n) is 3.34. The molecule has 1 rings (SSSR count). The van der Waals surface area contributed by atoms with Crippen LogP contribution in [0.3, 0.4) is 0 Å². The third-order valence-electron chi connectivity index (χ3n) is 1.77. The lowest BCUT2D eigenvalue weighted by Crippen LogP contribution is -2.48. The number of quaternary nitrogens is 1. The Morgan fingerprint density at radius 1 is 1.67 bits per heavy atom. The van der Waals surface area contributed by atoms with E-state index in [2.05, 4.69) is 0 Å². The van der Waals surface area contributed by atoms with E-state index in [9.17, 15) is 5.21 Å². The van der Waals surface area contributed by atoms with Gasteiger partial charge in [-0.15, -0.1) is 0 Å². The zero-order valence-corrected chi connectivity index (χ0v) is 5.71. The Hall–Kier alpha value is -0.120. The van der Waals surface area contributed by atoms with Crippen LogP contribution in [-0.2, 0) is 0 Å². The van der Waals surface area contributed by atoms with Crippen molar-refractivity contribution in [1.29, 1.82) is 0 Å². The van der Waals surface area contributed by atoms with Crippen LogP contribution in [0.5, 0.6) is 0 Å². The third-order valence-corrected chi connectivity index (χ3v) is 1.77. The minimum atomic E-state index is -0.360. The van der Waals surface area contributed by atoms with Crippen LogP contribution in [0.1, 0.15) is 12.8 Å². The second-order valence-electron chi connectivity index (χ2n) is 3.00. The Balaban J connectivity index is 2.41. The molecule has 3 heteroatoms. The molecular formula is C6H13NO2. The van der Waals surface area contributed by atoms with Crippen LogP contribution in [0.2, 0.25) is 0 Å². The maximum atomic E-state index is 11.1. The highest BCUT2D eigenvalue weighted by molar-refractivity contribution is 4.60. The van der Waals surface area contributed by atoms with Crippen molar-refractivity contribution in [3.8, 4) is 0 Å². The van der Waals surface area contributed by atoms with Crippen molar-refractivity contribution in [2.24, 2.45) is 0 Å². The minimum absolute atomic E-state index is 0.263. The van der Waals surface area contributed by atoms with Gasteiger partial charge in [0.2, 0.25) is 0 Å². The summed E-state index contributed by atoms with van der Waals surface area (Å²) in [6.07, 6.45) is 1.30. The lowest BCUT2D eigenvalue weighted by Gasteiger charge is -2.43.